The summed E-state index contributed by atoms with van der Waals surface area (Å²) in [4.78, 5) is 13.9. The maximum atomic E-state index is 10.3. The van der Waals surface area contributed by atoms with Crippen molar-refractivity contribution in [1.82, 2.24) is 0 Å². The Morgan fingerprint density at radius 3 is 3.00 bits per heavy atom. The summed E-state index contributed by atoms with van der Waals surface area (Å²) < 4.78 is 0. The normalized spacial score (nSPS) is 24.8. The number of hydrogen-bond donors (Lipinski definition) is 2. The van der Waals surface area contributed by atoms with Gasteiger partial charge in [-0.05, 0) is 12.8 Å². The van der Waals surface area contributed by atoms with Crippen molar-refractivity contribution in [3.8, 4) is 0 Å². The van der Waals surface area contributed by atoms with Gasteiger partial charge in [0.15, 0.2) is 0 Å². The van der Waals surface area contributed by atoms with E-state index in [9.17, 15) is 4.79 Å². The standard InChI is InChI=1S/C6H8N2O2/c7-4-1-2-5(6(9)10)8-3-4/h3,5,7H,1-2H2,(H,9,10). The van der Waals surface area contributed by atoms with Crippen LogP contribution in [0.3, 0.4) is 0 Å². The number of carboxylic acid groups (broad SMARTS) is 1. The van der Waals surface area contributed by atoms with Crippen LogP contribution in [0.2, 0.25) is 0 Å². The van der Waals surface area contributed by atoms with Gasteiger partial charge in [0.25, 0.3) is 0 Å². The molecule has 0 aromatic heterocycles. The number of aliphatic imine (C=N–C) groups is 1. The van der Waals surface area contributed by atoms with Crippen molar-refractivity contribution < 1.29 is 9.90 Å². The molecule has 0 amide bonds. The van der Waals surface area contributed by atoms with Crippen molar-refractivity contribution in [2.75, 3.05) is 0 Å². The summed E-state index contributed by atoms with van der Waals surface area (Å²) in [5.74, 6) is -0.899. The summed E-state index contributed by atoms with van der Waals surface area (Å²) >= 11 is 0. The van der Waals surface area contributed by atoms with Gasteiger partial charge in [0, 0.05) is 11.9 Å². The minimum absolute atomic E-state index is 0.414. The Morgan fingerprint density at radius 1 is 1.90 bits per heavy atom. The molecule has 0 aromatic carbocycles. The molecule has 4 nitrogen and oxygen atoms in total. The van der Waals surface area contributed by atoms with Gasteiger partial charge in [-0.2, -0.15) is 0 Å². The van der Waals surface area contributed by atoms with E-state index in [0.29, 0.717) is 18.6 Å². The molecule has 0 radical (unpaired) electrons. The summed E-state index contributed by atoms with van der Waals surface area (Å²) in [5.41, 5.74) is 0.414. The van der Waals surface area contributed by atoms with Gasteiger partial charge in [-0.25, -0.2) is 4.79 Å². The maximum absolute atomic E-state index is 10.3. The first-order valence-corrected chi connectivity index (χ1v) is 3.03. The molecule has 1 atom stereocenters. The highest BCUT2D eigenvalue weighted by Gasteiger charge is 2.18. The number of hydrogen-bond acceptors (Lipinski definition) is 3. The average Bonchev–Trinajstić information content (AvgIpc) is 1.88. The van der Waals surface area contributed by atoms with E-state index in [1.165, 1.54) is 6.21 Å². The van der Waals surface area contributed by atoms with Gasteiger partial charge < -0.3 is 10.5 Å². The smallest absolute Gasteiger partial charge is 0.328 e. The highest BCUT2D eigenvalue weighted by Crippen LogP contribution is 2.06. The fraction of sp³-hybridized carbons (Fsp3) is 0.500. The zero-order valence-corrected chi connectivity index (χ0v) is 5.37. The number of aliphatic carboxylic acids is 1. The molecule has 0 fully saturated rings. The van der Waals surface area contributed by atoms with Crippen LogP contribution < -0.4 is 0 Å². The van der Waals surface area contributed by atoms with Crippen LogP contribution in [0, 0.1) is 5.41 Å². The van der Waals surface area contributed by atoms with Crippen molar-refractivity contribution >= 4 is 17.9 Å². The van der Waals surface area contributed by atoms with E-state index in [0.717, 1.165) is 0 Å². The van der Waals surface area contributed by atoms with Gasteiger partial charge in [0.05, 0.1) is 0 Å². The summed E-state index contributed by atoms with van der Waals surface area (Å²) in [6.45, 7) is 0. The van der Waals surface area contributed by atoms with E-state index in [4.69, 9.17) is 10.5 Å². The highest BCUT2D eigenvalue weighted by molar-refractivity contribution is 6.29. The number of carboxylic acids is 1. The number of nitrogens with one attached hydrogen (secondary N) is 1. The van der Waals surface area contributed by atoms with Gasteiger partial charge in [0.1, 0.15) is 6.04 Å². The lowest BCUT2D eigenvalue weighted by molar-refractivity contribution is -0.138. The van der Waals surface area contributed by atoms with Crippen molar-refractivity contribution in [2.24, 2.45) is 4.99 Å². The Labute approximate surface area is 58.1 Å². The molecule has 1 rings (SSSR count). The largest absolute Gasteiger partial charge is 0.480 e. The lowest BCUT2D eigenvalue weighted by Crippen LogP contribution is -2.23. The van der Waals surface area contributed by atoms with Crippen molar-refractivity contribution in [2.45, 2.75) is 18.9 Å². The summed E-state index contributed by atoms with van der Waals surface area (Å²) in [5, 5.41) is 15.5. The molecular formula is C6H8N2O2. The highest BCUT2D eigenvalue weighted by atomic mass is 16.4. The Balaban J connectivity index is 2.61. The van der Waals surface area contributed by atoms with Gasteiger partial charge >= 0.3 is 5.97 Å². The molecule has 0 saturated heterocycles. The molecule has 0 spiro atoms. The van der Waals surface area contributed by atoms with Crippen molar-refractivity contribution in [1.29, 1.82) is 5.41 Å². The van der Waals surface area contributed by atoms with E-state index < -0.39 is 12.0 Å². The van der Waals surface area contributed by atoms with E-state index in [1.807, 2.05) is 0 Å². The molecule has 0 bridgehead atoms. The second-order valence-corrected chi connectivity index (χ2v) is 2.20. The molecule has 0 aromatic rings. The Bertz CT molecular complexity index is 198. The molecule has 1 heterocycles. The molecule has 0 aliphatic carbocycles. The SMILES string of the molecule is N=C1C=NC(C(=O)O)CC1. The van der Waals surface area contributed by atoms with Gasteiger partial charge in [-0.15, -0.1) is 0 Å². The first-order valence-electron chi connectivity index (χ1n) is 3.03. The lowest BCUT2D eigenvalue weighted by Gasteiger charge is -2.10. The molecule has 0 saturated carbocycles. The van der Waals surface area contributed by atoms with Crippen LogP contribution in [0.4, 0.5) is 0 Å². The Hall–Kier alpha value is -1.19. The fourth-order valence-corrected chi connectivity index (χ4v) is 0.798. The van der Waals surface area contributed by atoms with Crippen LogP contribution in [0.25, 0.3) is 0 Å². The van der Waals surface area contributed by atoms with E-state index in [1.54, 1.807) is 0 Å². The first-order chi connectivity index (χ1) is 4.70. The van der Waals surface area contributed by atoms with Crippen LogP contribution >= 0.6 is 0 Å². The Morgan fingerprint density at radius 2 is 2.60 bits per heavy atom. The van der Waals surface area contributed by atoms with E-state index in [2.05, 4.69) is 4.99 Å². The molecule has 2 N–H and O–H groups in total. The lowest BCUT2D eigenvalue weighted by atomic mass is 10.1. The minimum Gasteiger partial charge on any atom is -0.480 e. The number of carbonyl (C=O) groups is 1. The predicted octanol–water partition coefficient (Wildman–Crippen LogP) is 0.324. The monoisotopic (exact) mass is 140 g/mol. The van der Waals surface area contributed by atoms with Crippen LogP contribution in [-0.4, -0.2) is 29.0 Å². The van der Waals surface area contributed by atoms with Crippen LogP contribution in [-0.2, 0) is 4.79 Å². The molecule has 1 aliphatic heterocycles. The number of rotatable bonds is 1. The maximum Gasteiger partial charge on any atom is 0.328 e. The molecule has 1 aliphatic rings. The summed E-state index contributed by atoms with van der Waals surface area (Å²) in [6, 6.07) is -0.617. The second-order valence-electron chi connectivity index (χ2n) is 2.20. The third-order valence-electron chi connectivity index (χ3n) is 1.38. The fourth-order valence-electron chi connectivity index (χ4n) is 0.798. The zero-order valence-electron chi connectivity index (χ0n) is 5.37. The van der Waals surface area contributed by atoms with Crippen molar-refractivity contribution in [3.63, 3.8) is 0 Å². The average molecular weight is 140 g/mol. The van der Waals surface area contributed by atoms with Gasteiger partial charge in [-0.3, -0.25) is 4.99 Å². The van der Waals surface area contributed by atoms with Crippen LogP contribution in [0.1, 0.15) is 12.8 Å². The van der Waals surface area contributed by atoms with Gasteiger partial charge in [0.2, 0.25) is 0 Å². The summed E-state index contributed by atoms with van der Waals surface area (Å²) in [7, 11) is 0. The second kappa shape index (κ2) is 2.60. The number of nitrogens with zero attached hydrogens (tertiary/aromatic N) is 1. The Kier molecular flexibility index (Phi) is 1.80. The topological polar surface area (TPSA) is 73.5 Å². The van der Waals surface area contributed by atoms with Crippen molar-refractivity contribution in [3.05, 3.63) is 0 Å². The quantitative estimate of drug-likeness (QED) is 0.550. The molecule has 1 unspecified atom stereocenters. The molecule has 4 heteroatoms. The molecule has 54 valence electrons. The predicted molar refractivity (Wildman–Crippen MR) is 36.9 cm³/mol. The van der Waals surface area contributed by atoms with E-state index in [-0.39, 0.29) is 0 Å². The first kappa shape index (κ1) is 6.92. The van der Waals surface area contributed by atoms with Crippen LogP contribution in [0.15, 0.2) is 4.99 Å². The minimum atomic E-state index is -0.899. The molecule has 10 heavy (non-hydrogen) atoms. The third-order valence-corrected chi connectivity index (χ3v) is 1.38. The van der Waals surface area contributed by atoms with Crippen LogP contribution in [0.5, 0.6) is 0 Å². The summed E-state index contributed by atoms with van der Waals surface area (Å²) in [6.07, 6.45) is 2.31. The van der Waals surface area contributed by atoms with Gasteiger partial charge in [-0.1, -0.05) is 0 Å². The third kappa shape index (κ3) is 1.40. The molecular weight excluding hydrogens is 132 g/mol. The zero-order chi connectivity index (χ0) is 7.56. The van der Waals surface area contributed by atoms with E-state index >= 15 is 0 Å².